The van der Waals surface area contributed by atoms with E-state index in [1.807, 2.05) is 24.3 Å². The molecule has 1 N–H and O–H groups in total. The van der Waals surface area contributed by atoms with Crippen LogP contribution in [-0.2, 0) is 6.61 Å². The minimum absolute atomic E-state index is 0.0598. The standard InChI is InChI=1S/C20H15BrO4/c21-15-4-6-17(7-5-15)24-13-19-9-8-18(25-19)10-11-20(23)14-2-1-3-16(22)12-14/h1-12,22H,13H2/b11-10+. The molecule has 1 heterocycles. The van der Waals surface area contributed by atoms with Gasteiger partial charge in [0.25, 0.3) is 0 Å². The zero-order valence-corrected chi connectivity index (χ0v) is 14.8. The molecule has 0 aliphatic heterocycles. The lowest BCUT2D eigenvalue weighted by atomic mass is 10.1. The largest absolute Gasteiger partial charge is 0.508 e. The highest BCUT2D eigenvalue weighted by Gasteiger charge is 2.04. The highest BCUT2D eigenvalue weighted by Crippen LogP contribution is 2.19. The second-order valence-corrected chi connectivity index (χ2v) is 6.21. The highest BCUT2D eigenvalue weighted by molar-refractivity contribution is 9.10. The fraction of sp³-hybridized carbons (Fsp3) is 0.0500. The molecule has 0 atom stereocenters. The Morgan fingerprint density at radius 2 is 1.92 bits per heavy atom. The van der Waals surface area contributed by atoms with Gasteiger partial charge in [0, 0.05) is 10.0 Å². The van der Waals surface area contributed by atoms with Gasteiger partial charge >= 0.3 is 0 Å². The number of carbonyl (C=O) groups excluding carboxylic acids is 1. The zero-order valence-electron chi connectivity index (χ0n) is 13.2. The lowest BCUT2D eigenvalue weighted by molar-refractivity contribution is 0.104. The Hall–Kier alpha value is -2.79. The average molecular weight is 399 g/mol. The van der Waals surface area contributed by atoms with Crippen molar-refractivity contribution in [1.29, 1.82) is 0 Å². The highest BCUT2D eigenvalue weighted by atomic mass is 79.9. The van der Waals surface area contributed by atoms with E-state index in [4.69, 9.17) is 9.15 Å². The van der Waals surface area contributed by atoms with Crippen LogP contribution in [0.2, 0.25) is 0 Å². The van der Waals surface area contributed by atoms with Crippen LogP contribution in [0.4, 0.5) is 0 Å². The summed E-state index contributed by atoms with van der Waals surface area (Å²) < 4.78 is 12.2. The van der Waals surface area contributed by atoms with Crippen molar-refractivity contribution in [2.75, 3.05) is 0 Å². The average Bonchev–Trinajstić information content (AvgIpc) is 3.07. The molecule has 0 fully saturated rings. The van der Waals surface area contributed by atoms with Gasteiger partial charge in [0.2, 0.25) is 0 Å². The SMILES string of the molecule is O=C(/C=C/c1ccc(COc2ccc(Br)cc2)o1)c1cccc(O)c1. The fourth-order valence-corrected chi connectivity index (χ4v) is 2.42. The molecule has 0 amide bonds. The number of ketones is 1. The second-order valence-electron chi connectivity index (χ2n) is 5.29. The maximum Gasteiger partial charge on any atom is 0.186 e. The Morgan fingerprint density at radius 1 is 1.12 bits per heavy atom. The molecule has 5 heteroatoms. The summed E-state index contributed by atoms with van der Waals surface area (Å²) in [4.78, 5) is 12.0. The van der Waals surface area contributed by atoms with Crippen LogP contribution in [0, 0.1) is 0 Å². The van der Waals surface area contributed by atoms with Crippen molar-refractivity contribution in [3.63, 3.8) is 0 Å². The summed E-state index contributed by atoms with van der Waals surface area (Å²) in [7, 11) is 0. The monoisotopic (exact) mass is 398 g/mol. The zero-order chi connectivity index (χ0) is 17.6. The van der Waals surface area contributed by atoms with Crippen molar-refractivity contribution in [3.8, 4) is 11.5 Å². The van der Waals surface area contributed by atoms with E-state index in [0.29, 0.717) is 23.7 Å². The maximum atomic E-state index is 12.0. The topological polar surface area (TPSA) is 59.7 Å². The van der Waals surface area contributed by atoms with Crippen molar-refractivity contribution in [3.05, 3.63) is 88.3 Å². The molecular weight excluding hydrogens is 384 g/mol. The molecule has 0 aliphatic rings. The van der Waals surface area contributed by atoms with E-state index in [1.54, 1.807) is 30.3 Å². The number of phenolic OH excluding ortho intramolecular Hbond substituents is 1. The lowest BCUT2D eigenvalue weighted by Crippen LogP contribution is -1.93. The Labute approximate surface area is 153 Å². The number of halogens is 1. The van der Waals surface area contributed by atoms with Crippen molar-refractivity contribution in [2.24, 2.45) is 0 Å². The van der Waals surface area contributed by atoms with Crippen molar-refractivity contribution in [1.82, 2.24) is 0 Å². The van der Waals surface area contributed by atoms with E-state index >= 15 is 0 Å². The summed E-state index contributed by atoms with van der Waals surface area (Å²) in [5.41, 5.74) is 0.418. The molecule has 0 spiro atoms. The Kier molecular flexibility index (Phi) is 5.36. The minimum atomic E-state index is -0.208. The van der Waals surface area contributed by atoms with E-state index in [-0.39, 0.29) is 11.5 Å². The number of ether oxygens (including phenoxy) is 1. The molecule has 126 valence electrons. The second kappa shape index (κ2) is 7.85. The number of allylic oxidation sites excluding steroid dienone is 1. The van der Waals surface area contributed by atoms with Crippen molar-refractivity contribution >= 4 is 27.8 Å². The summed E-state index contributed by atoms with van der Waals surface area (Å²) in [6.07, 6.45) is 3.00. The third-order valence-electron chi connectivity index (χ3n) is 3.41. The molecule has 0 saturated heterocycles. The van der Waals surface area contributed by atoms with E-state index in [1.165, 1.54) is 18.2 Å². The number of carbonyl (C=O) groups is 1. The fourth-order valence-electron chi connectivity index (χ4n) is 2.16. The summed E-state index contributed by atoms with van der Waals surface area (Å²) in [5.74, 6) is 1.82. The molecule has 0 bridgehead atoms. The van der Waals surface area contributed by atoms with Crippen LogP contribution in [-0.4, -0.2) is 10.9 Å². The quantitative estimate of drug-likeness (QED) is 0.456. The number of benzene rings is 2. The first-order valence-corrected chi connectivity index (χ1v) is 8.38. The number of rotatable bonds is 6. The van der Waals surface area contributed by atoms with Gasteiger partial charge in [-0.15, -0.1) is 0 Å². The molecular formula is C20H15BrO4. The normalized spacial score (nSPS) is 10.9. The van der Waals surface area contributed by atoms with Gasteiger partial charge in [-0.3, -0.25) is 4.79 Å². The van der Waals surface area contributed by atoms with Gasteiger partial charge in [-0.1, -0.05) is 28.1 Å². The van der Waals surface area contributed by atoms with Gasteiger partial charge < -0.3 is 14.3 Å². The van der Waals surface area contributed by atoms with Crippen LogP contribution in [0.5, 0.6) is 11.5 Å². The van der Waals surface area contributed by atoms with Crippen molar-refractivity contribution in [2.45, 2.75) is 6.61 Å². The molecule has 0 aliphatic carbocycles. The molecule has 2 aromatic carbocycles. The summed E-state index contributed by atoms with van der Waals surface area (Å²) in [6, 6.07) is 17.3. The van der Waals surface area contributed by atoms with Crippen LogP contribution in [0.15, 0.2) is 75.6 Å². The van der Waals surface area contributed by atoms with Gasteiger partial charge in [-0.2, -0.15) is 0 Å². The summed E-state index contributed by atoms with van der Waals surface area (Å²) in [5, 5.41) is 9.41. The first kappa shape index (κ1) is 17.0. The van der Waals surface area contributed by atoms with Crippen LogP contribution in [0.3, 0.4) is 0 Å². The predicted octanol–water partition coefficient (Wildman–Crippen LogP) is 5.22. The number of aromatic hydroxyl groups is 1. The number of phenols is 1. The number of hydrogen-bond donors (Lipinski definition) is 1. The number of hydrogen-bond acceptors (Lipinski definition) is 4. The van der Waals surface area contributed by atoms with E-state index in [0.717, 1.165) is 10.2 Å². The van der Waals surface area contributed by atoms with E-state index < -0.39 is 0 Å². The molecule has 3 aromatic rings. The molecule has 0 saturated carbocycles. The maximum absolute atomic E-state index is 12.0. The van der Waals surface area contributed by atoms with Crippen LogP contribution >= 0.6 is 15.9 Å². The van der Waals surface area contributed by atoms with Crippen LogP contribution < -0.4 is 4.74 Å². The van der Waals surface area contributed by atoms with Gasteiger partial charge in [-0.05, 0) is 60.7 Å². The summed E-state index contributed by atoms with van der Waals surface area (Å²) >= 11 is 3.37. The first-order valence-electron chi connectivity index (χ1n) is 7.59. The number of furan rings is 1. The molecule has 0 unspecified atom stereocenters. The van der Waals surface area contributed by atoms with E-state index in [2.05, 4.69) is 15.9 Å². The van der Waals surface area contributed by atoms with Crippen molar-refractivity contribution < 1.29 is 19.1 Å². The summed E-state index contributed by atoms with van der Waals surface area (Å²) in [6.45, 7) is 0.302. The Balaban J connectivity index is 1.59. The molecule has 1 aromatic heterocycles. The van der Waals surface area contributed by atoms with Crippen LogP contribution in [0.25, 0.3) is 6.08 Å². The molecule has 0 radical (unpaired) electrons. The van der Waals surface area contributed by atoms with E-state index in [9.17, 15) is 9.90 Å². The molecule has 4 nitrogen and oxygen atoms in total. The smallest absolute Gasteiger partial charge is 0.186 e. The Bertz CT molecular complexity index is 894. The van der Waals surface area contributed by atoms with Gasteiger partial charge in [0.1, 0.15) is 29.6 Å². The lowest BCUT2D eigenvalue weighted by Gasteiger charge is -2.03. The minimum Gasteiger partial charge on any atom is -0.508 e. The first-order chi connectivity index (χ1) is 12.1. The van der Waals surface area contributed by atoms with Gasteiger partial charge in [-0.25, -0.2) is 0 Å². The third-order valence-corrected chi connectivity index (χ3v) is 3.94. The predicted molar refractivity (Wildman–Crippen MR) is 98.7 cm³/mol. The van der Waals surface area contributed by atoms with Crippen LogP contribution in [0.1, 0.15) is 21.9 Å². The van der Waals surface area contributed by atoms with Gasteiger partial charge in [0.15, 0.2) is 5.78 Å². The Morgan fingerprint density at radius 3 is 2.68 bits per heavy atom. The van der Waals surface area contributed by atoms with Gasteiger partial charge in [0.05, 0.1) is 0 Å². The molecule has 25 heavy (non-hydrogen) atoms. The third kappa shape index (κ3) is 4.84. The molecule has 3 rings (SSSR count).